The average Bonchev–Trinajstić information content (AvgIpc) is 2.63. The SMILES string of the molecule is CN(CC1CCC1)C(=O)CC1CCNC1.Cl. The molecule has 0 aromatic carbocycles. The molecule has 0 bridgehead atoms. The maximum atomic E-state index is 11.9. The molecule has 1 amide bonds. The summed E-state index contributed by atoms with van der Waals surface area (Å²) >= 11 is 0. The van der Waals surface area contributed by atoms with Gasteiger partial charge in [0.2, 0.25) is 5.91 Å². The van der Waals surface area contributed by atoms with E-state index in [1.807, 2.05) is 11.9 Å². The molecule has 1 unspecified atom stereocenters. The van der Waals surface area contributed by atoms with E-state index < -0.39 is 0 Å². The zero-order valence-corrected chi connectivity index (χ0v) is 10.9. The summed E-state index contributed by atoms with van der Waals surface area (Å²) in [6.07, 6.45) is 5.92. The Bertz CT molecular complexity index is 225. The van der Waals surface area contributed by atoms with Crippen LogP contribution >= 0.6 is 12.4 Å². The van der Waals surface area contributed by atoms with Gasteiger partial charge in [-0.1, -0.05) is 6.42 Å². The first-order chi connectivity index (χ1) is 7.25. The van der Waals surface area contributed by atoms with Crippen LogP contribution in [0, 0.1) is 11.8 Å². The Hall–Kier alpha value is -0.280. The van der Waals surface area contributed by atoms with Crippen molar-refractivity contribution in [3.63, 3.8) is 0 Å². The highest BCUT2D eigenvalue weighted by Gasteiger charge is 2.24. The first-order valence-corrected chi connectivity index (χ1v) is 6.20. The molecule has 4 heteroatoms. The van der Waals surface area contributed by atoms with Crippen LogP contribution < -0.4 is 5.32 Å². The summed E-state index contributed by atoms with van der Waals surface area (Å²) in [4.78, 5) is 13.8. The van der Waals surface area contributed by atoms with Crippen molar-refractivity contribution in [2.45, 2.75) is 32.1 Å². The molecular weight excluding hydrogens is 224 g/mol. The fourth-order valence-electron chi connectivity index (χ4n) is 2.46. The van der Waals surface area contributed by atoms with Gasteiger partial charge in [0.25, 0.3) is 0 Å². The highest BCUT2D eigenvalue weighted by Crippen LogP contribution is 2.27. The largest absolute Gasteiger partial charge is 0.345 e. The van der Waals surface area contributed by atoms with Gasteiger partial charge >= 0.3 is 0 Å². The molecule has 1 saturated carbocycles. The second kappa shape index (κ2) is 6.45. The molecular formula is C12H23ClN2O. The average molecular weight is 247 g/mol. The number of amides is 1. The number of hydrogen-bond donors (Lipinski definition) is 1. The third-order valence-corrected chi connectivity index (χ3v) is 3.81. The fraction of sp³-hybridized carbons (Fsp3) is 0.917. The van der Waals surface area contributed by atoms with E-state index in [1.54, 1.807) is 0 Å². The lowest BCUT2D eigenvalue weighted by atomic mass is 9.85. The molecule has 16 heavy (non-hydrogen) atoms. The van der Waals surface area contributed by atoms with Gasteiger partial charge < -0.3 is 10.2 Å². The van der Waals surface area contributed by atoms with Gasteiger partial charge in [-0.05, 0) is 44.2 Å². The molecule has 1 atom stereocenters. The highest BCUT2D eigenvalue weighted by atomic mass is 35.5. The third-order valence-electron chi connectivity index (χ3n) is 3.81. The minimum absolute atomic E-state index is 0. The van der Waals surface area contributed by atoms with Crippen molar-refractivity contribution >= 4 is 18.3 Å². The highest BCUT2D eigenvalue weighted by molar-refractivity contribution is 5.85. The maximum Gasteiger partial charge on any atom is 0.222 e. The number of nitrogens with zero attached hydrogens (tertiary/aromatic N) is 1. The van der Waals surface area contributed by atoms with Crippen molar-refractivity contribution in [3.8, 4) is 0 Å². The molecule has 0 spiro atoms. The first-order valence-electron chi connectivity index (χ1n) is 6.20. The van der Waals surface area contributed by atoms with Gasteiger partial charge in [-0.25, -0.2) is 0 Å². The summed E-state index contributed by atoms with van der Waals surface area (Å²) in [5.41, 5.74) is 0. The molecule has 1 saturated heterocycles. The van der Waals surface area contributed by atoms with Crippen molar-refractivity contribution in [1.82, 2.24) is 10.2 Å². The molecule has 0 radical (unpaired) electrons. The van der Waals surface area contributed by atoms with Crippen LogP contribution in [0.15, 0.2) is 0 Å². The molecule has 2 aliphatic rings. The standard InChI is InChI=1S/C12H22N2O.ClH/c1-14(9-10-3-2-4-10)12(15)7-11-5-6-13-8-11;/h10-11,13H,2-9H2,1H3;1H. The van der Waals surface area contributed by atoms with Gasteiger partial charge in [-0.2, -0.15) is 0 Å². The summed E-state index contributed by atoms with van der Waals surface area (Å²) in [5, 5.41) is 3.31. The van der Waals surface area contributed by atoms with E-state index in [0.717, 1.165) is 32.0 Å². The monoisotopic (exact) mass is 246 g/mol. The molecule has 0 aromatic heterocycles. The van der Waals surface area contributed by atoms with Crippen molar-refractivity contribution in [2.24, 2.45) is 11.8 Å². The van der Waals surface area contributed by atoms with E-state index in [9.17, 15) is 4.79 Å². The zero-order valence-electron chi connectivity index (χ0n) is 10.1. The topological polar surface area (TPSA) is 32.3 Å². The number of carbonyl (C=O) groups excluding carboxylic acids is 1. The Labute approximate surface area is 104 Å². The lowest BCUT2D eigenvalue weighted by Gasteiger charge is -2.30. The predicted octanol–water partition coefficient (Wildman–Crippen LogP) is 1.67. The second-order valence-electron chi connectivity index (χ2n) is 5.13. The predicted molar refractivity (Wildman–Crippen MR) is 67.8 cm³/mol. The maximum absolute atomic E-state index is 11.9. The molecule has 1 aliphatic heterocycles. The van der Waals surface area contributed by atoms with E-state index in [1.165, 1.54) is 25.7 Å². The van der Waals surface area contributed by atoms with E-state index in [-0.39, 0.29) is 12.4 Å². The Morgan fingerprint density at radius 2 is 2.06 bits per heavy atom. The van der Waals surface area contributed by atoms with Crippen LogP contribution in [-0.4, -0.2) is 37.5 Å². The molecule has 1 N–H and O–H groups in total. The summed E-state index contributed by atoms with van der Waals surface area (Å²) in [6.45, 7) is 3.10. The van der Waals surface area contributed by atoms with Crippen molar-refractivity contribution in [3.05, 3.63) is 0 Å². The molecule has 3 nitrogen and oxygen atoms in total. The van der Waals surface area contributed by atoms with Crippen LogP contribution in [-0.2, 0) is 4.79 Å². The molecule has 1 aliphatic carbocycles. The zero-order chi connectivity index (χ0) is 10.7. The van der Waals surface area contributed by atoms with Crippen LogP contribution in [0.1, 0.15) is 32.1 Å². The smallest absolute Gasteiger partial charge is 0.222 e. The first kappa shape index (κ1) is 13.8. The molecule has 0 aromatic rings. The Balaban J connectivity index is 0.00000128. The summed E-state index contributed by atoms with van der Waals surface area (Å²) in [7, 11) is 1.96. The minimum Gasteiger partial charge on any atom is -0.345 e. The summed E-state index contributed by atoms with van der Waals surface area (Å²) < 4.78 is 0. The Morgan fingerprint density at radius 3 is 2.56 bits per heavy atom. The van der Waals surface area contributed by atoms with Crippen LogP contribution in [0.5, 0.6) is 0 Å². The van der Waals surface area contributed by atoms with E-state index in [2.05, 4.69) is 5.32 Å². The third kappa shape index (κ3) is 3.63. The molecule has 2 rings (SSSR count). The minimum atomic E-state index is 0. The Kier molecular flexibility index (Phi) is 5.56. The van der Waals surface area contributed by atoms with E-state index in [0.29, 0.717) is 11.8 Å². The number of halogens is 1. The van der Waals surface area contributed by atoms with Crippen LogP contribution in [0.3, 0.4) is 0 Å². The van der Waals surface area contributed by atoms with E-state index in [4.69, 9.17) is 0 Å². The number of hydrogen-bond acceptors (Lipinski definition) is 2. The Morgan fingerprint density at radius 1 is 1.31 bits per heavy atom. The van der Waals surface area contributed by atoms with Gasteiger partial charge in [0, 0.05) is 20.0 Å². The van der Waals surface area contributed by atoms with Gasteiger partial charge in [0.1, 0.15) is 0 Å². The van der Waals surface area contributed by atoms with Gasteiger partial charge in [0.05, 0.1) is 0 Å². The van der Waals surface area contributed by atoms with Gasteiger partial charge in [0.15, 0.2) is 0 Å². The van der Waals surface area contributed by atoms with Crippen molar-refractivity contribution in [1.29, 1.82) is 0 Å². The lowest BCUT2D eigenvalue weighted by Crippen LogP contribution is -2.35. The van der Waals surface area contributed by atoms with Crippen LogP contribution in [0.25, 0.3) is 0 Å². The summed E-state index contributed by atoms with van der Waals surface area (Å²) in [5.74, 6) is 1.72. The van der Waals surface area contributed by atoms with Crippen LogP contribution in [0.2, 0.25) is 0 Å². The number of nitrogens with one attached hydrogen (secondary N) is 1. The molecule has 2 fully saturated rings. The van der Waals surface area contributed by atoms with E-state index >= 15 is 0 Å². The van der Waals surface area contributed by atoms with Crippen molar-refractivity contribution in [2.75, 3.05) is 26.7 Å². The normalized spacial score (nSPS) is 24.7. The molecule has 1 heterocycles. The van der Waals surface area contributed by atoms with Gasteiger partial charge in [-0.3, -0.25) is 4.79 Å². The second-order valence-corrected chi connectivity index (χ2v) is 5.13. The number of carbonyl (C=O) groups is 1. The molecule has 94 valence electrons. The summed E-state index contributed by atoms with van der Waals surface area (Å²) in [6, 6.07) is 0. The quantitative estimate of drug-likeness (QED) is 0.819. The van der Waals surface area contributed by atoms with Gasteiger partial charge in [-0.15, -0.1) is 12.4 Å². The lowest BCUT2D eigenvalue weighted by molar-refractivity contribution is -0.131. The fourth-order valence-corrected chi connectivity index (χ4v) is 2.46. The number of rotatable bonds is 4. The van der Waals surface area contributed by atoms with Crippen molar-refractivity contribution < 1.29 is 4.79 Å². The van der Waals surface area contributed by atoms with Crippen LogP contribution in [0.4, 0.5) is 0 Å².